The Hall–Kier alpha value is -1.50. The molecule has 2 nitrogen and oxygen atoms in total. The minimum Gasteiger partial charge on any atom is -0.233 e. The number of alkyl halides is 3. The van der Waals surface area contributed by atoms with Crippen molar-refractivity contribution in [3.63, 3.8) is 0 Å². The molecule has 0 atom stereocenters. The monoisotopic (exact) mass is 362 g/mol. The Bertz CT molecular complexity index is 656. The van der Waals surface area contributed by atoms with Gasteiger partial charge in [-0.15, -0.1) is 0 Å². The summed E-state index contributed by atoms with van der Waals surface area (Å²) in [6.45, 7) is 1.95. The van der Waals surface area contributed by atoms with Crippen molar-refractivity contribution >= 4 is 15.9 Å². The Labute approximate surface area is 127 Å². The van der Waals surface area contributed by atoms with Crippen LogP contribution in [0.5, 0.6) is 0 Å². The van der Waals surface area contributed by atoms with Gasteiger partial charge in [0.1, 0.15) is 16.2 Å². The molecule has 0 spiro atoms. The average Bonchev–Trinajstić information content (AvgIpc) is 2.37. The van der Waals surface area contributed by atoms with E-state index in [4.69, 9.17) is 0 Å². The third kappa shape index (κ3) is 3.78. The number of halogens is 5. The fraction of sp³-hybridized carbons (Fsp3) is 0.286. The molecular formula is C14H11BrF4N2. The third-order valence-electron chi connectivity index (χ3n) is 2.78. The van der Waals surface area contributed by atoms with E-state index in [9.17, 15) is 17.6 Å². The molecule has 0 saturated heterocycles. The van der Waals surface area contributed by atoms with Crippen molar-refractivity contribution in [2.45, 2.75) is 25.9 Å². The largest absolute Gasteiger partial charge is 0.419 e. The van der Waals surface area contributed by atoms with Crippen molar-refractivity contribution < 1.29 is 17.6 Å². The maximum Gasteiger partial charge on any atom is 0.419 e. The number of hydrogen-bond donors (Lipinski definition) is 0. The second-order valence-electron chi connectivity index (χ2n) is 4.43. The molecule has 7 heteroatoms. The van der Waals surface area contributed by atoms with Crippen molar-refractivity contribution in [2.24, 2.45) is 0 Å². The summed E-state index contributed by atoms with van der Waals surface area (Å²) in [6.07, 6.45) is -3.32. The van der Waals surface area contributed by atoms with Crippen LogP contribution in [0.1, 0.15) is 24.7 Å². The SMILES string of the molecule is CCCc1nc(Br)cc(-c2ccc(F)c(C(F)(F)F)c2)n1. The zero-order chi connectivity index (χ0) is 15.6. The maximum atomic E-state index is 13.3. The Kier molecular flexibility index (Phi) is 4.61. The number of benzene rings is 1. The maximum absolute atomic E-state index is 13.3. The summed E-state index contributed by atoms with van der Waals surface area (Å²) in [5.41, 5.74) is -0.776. The highest BCUT2D eigenvalue weighted by Crippen LogP contribution is 2.34. The van der Waals surface area contributed by atoms with Gasteiger partial charge in [0.25, 0.3) is 0 Å². The lowest BCUT2D eigenvalue weighted by Gasteiger charge is -2.10. The molecule has 1 aromatic carbocycles. The van der Waals surface area contributed by atoms with Crippen molar-refractivity contribution in [1.82, 2.24) is 9.97 Å². The standard InChI is InChI=1S/C14H11BrF4N2/c1-2-3-13-20-11(7-12(15)21-13)8-4-5-10(16)9(6-8)14(17,18)19/h4-7H,2-3H2,1H3. The summed E-state index contributed by atoms with van der Waals surface area (Å²) in [6, 6.07) is 4.34. The van der Waals surface area contributed by atoms with Gasteiger partial charge in [0.2, 0.25) is 0 Å². The van der Waals surface area contributed by atoms with E-state index in [1.165, 1.54) is 12.1 Å². The number of aryl methyl sites for hydroxylation is 1. The van der Waals surface area contributed by atoms with E-state index in [2.05, 4.69) is 25.9 Å². The predicted molar refractivity (Wildman–Crippen MR) is 74.1 cm³/mol. The summed E-state index contributed by atoms with van der Waals surface area (Å²) >= 11 is 3.21. The average molecular weight is 363 g/mol. The molecule has 112 valence electrons. The molecule has 0 aliphatic rings. The molecule has 0 N–H and O–H groups in total. The second-order valence-corrected chi connectivity index (χ2v) is 5.25. The molecule has 1 aromatic heterocycles. The Morgan fingerprint density at radius 2 is 1.86 bits per heavy atom. The van der Waals surface area contributed by atoms with Crippen molar-refractivity contribution in [3.8, 4) is 11.3 Å². The number of aromatic nitrogens is 2. The first-order valence-corrected chi connectivity index (χ1v) is 7.01. The molecule has 0 fully saturated rings. The fourth-order valence-corrected chi connectivity index (χ4v) is 2.27. The van der Waals surface area contributed by atoms with E-state index in [0.717, 1.165) is 18.6 Å². The summed E-state index contributed by atoms with van der Waals surface area (Å²) < 4.78 is 52.0. The first-order chi connectivity index (χ1) is 9.81. The van der Waals surface area contributed by atoms with Gasteiger partial charge in [-0.3, -0.25) is 0 Å². The molecule has 2 rings (SSSR count). The van der Waals surface area contributed by atoms with E-state index in [1.807, 2.05) is 6.92 Å². The molecular weight excluding hydrogens is 352 g/mol. The normalized spacial score (nSPS) is 11.7. The molecule has 0 unspecified atom stereocenters. The number of rotatable bonds is 3. The van der Waals surface area contributed by atoms with Crippen LogP contribution in [0.25, 0.3) is 11.3 Å². The van der Waals surface area contributed by atoms with Gasteiger partial charge in [-0.25, -0.2) is 14.4 Å². The number of nitrogens with zero attached hydrogens (tertiary/aromatic N) is 2. The van der Waals surface area contributed by atoms with Crippen molar-refractivity contribution in [2.75, 3.05) is 0 Å². The van der Waals surface area contributed by atoms with Crippen LogP contribution in [0.3, 0.4) is 0 Å². The Balaban J connectivity index is 2.52. The van der Waals surface area contributed by atoms with Crippen LogP contribution in [-0.2, 0) is 12.6 Å². The third-order valence-corrected chi connectivity index (χ3v) is 3.19. The molecule has 0 aliphatic carbocycles. The van der Waals surface area contributed by atoms with Gasteiger partial charge in [-0.1, -0.05) is 6.92 Å². The highest BCUT2D eigenvalue weighted by Gasteiger charge is 2.34. The van der Waals surface area contributed by atoms with Crippen LogP contribution < -0.4 is 0 Å². The van der Waals surface area contributed by atoms with Gasteiger partial charge in [0.05, 0.1) is 11.3 Å². The van der Waals surface area contributed by atoms with Gasteiger partial charge < -0.3 is 0 Å². The quantitative estimate of drug-likeness (QED) is 0.566. The minimum atomic E-state index is -4.74. The molecule has 2 aromatic rings. The smallest absolute Gasteiger partial charge is 0.233 e. The van der Waals surface area contributed by atoms with E-state index >= 15 is 0 Å². The first kappa shape index (κ1) is 15.9. The lowest BCUT2D eigenvalue weighted by atomic mass is 10.1. The first-order valence-electron chi connectivity index (χ1n) is 6.22. The van der Waals surface area contributed by atoms with Crippen LogP contribution in [0.4, 0.5) is 17.6 Å². The van der Waals surface area contributed by atoms with E-state index in [0.29, 0.717) is 22.5 Å². The Morgan fingerprint density at radius 1 is 1.14 bits per heavy atom. The van der Waals surface area contributed by atoms with Crippen LogP contribution in [0, 0.1) is 5.82 Å². The zero-order valence-corrected chi connectivity index (χ0v) is 12.6. The van der Waals surface area contributed by atoms with Crippen LogP contribution in [0.2, 0.25) is 0 Å². The summed E-state index contributed by atoms with van der Waals surface area (Å²) in [5.74, 6) is -0.770. The summed E-state index contributed by atoms with van der Waals surface area (Å²) in [7, 11) is 0. The van der Waals surface area contributed by atoms with E-state index in [1.54, 1.807) is 0 Å². The topological polar surface area (TPSA) is 25.8 Å². The van der Waals surface area contributed by atoms with Crippen LogP contribution >= 0.6 is 15.9 Å². The van der Waals surface area contributed by atoms with E-state index in [-0.39, 0.29) is 5.56 Å². The van der Waals surface area contributed by atoms with Gasteiger partial charge in [0.15, 0.2) is 0 Å². The van der Waals surface area contributed by atoms with E-state index < -0.39 is 17.6 Å². The molecule has 1 heterocycles. The second kappa shape index (κ2) is 6.09. The highest BCUT2D eigenvalue weighted by molar-refractivity contribution is 9.10. The molecule has 0 aliphatic heterocycles. The lowest BCUT2D eigenvalue weighted by molar-refractivity contribution is -0.139. The summed E-state index contributed by atoms with van der Waals surface area (Å²) in [4.78, 5) is 8.36. The van der Waals surface area contributed by atoms with Gasteiger partial charge in [0, 0.05) is 12.0 Å². The van der Waals surface area contributed by atoms with Crippen molar-refractivity contribution in [1.29, 1.82) is 0 Å². The predicted octanol–water partition coefficient (Wildman–Crippen LogP) is 5.02. The minimum absolute atomic E-state index is 0.198. The number of hydrogen-bond acceptors (Lipinski definition) is 2. The van der Waals surface area contributed by atoms with Crippen LogP contribution in [-0.4, -0.2) is 9.97 Å². The van der Waals surface area contributed by atoms with Crippen LogP contribution in [0.15, 0.2) is 28.9 Å². The molecule has 0 saturated carbocycles. The lowest BCUT2D eigenvalue weighted by Crippen LogP contribution is -2.08. The molecule has 0 amide bonds. The zero-order valence-electron chi connectivity index (χ0n) is 11.0. The van der Waals surface area contributed by atoms with Gasteiger partial charge in [-0.05, 0) is 46.6 Å². The molecule has 0 radical (unpaired) electrons. The van der Waals surface area contributed by atoms with Crippen molar-refractivity contribution in [3.05, 3.63) is 46.1 Å². The summed E-state index contributed by atoms with van der Waals surface area (Å²) in [5, 5.41) is 0. The van der Waals surface area contributed by atoms with Gasteiger partial charge >= 0.3 is 6.18 Å². The molecule has 21 heavy (non-hydrogen) atoms. The Morgan fingerprint density at radius 3 is 2.48 bits per heavy atom. The molecule has 0 bridgehead atoms. The highest BCUT2D eigenvalue weighted by atomic mass is 79.9. The van der Waals surface area contributed by atoms with Gasteiger partial charge in [-0.2, -0.15) is 13.2 Å². The fourth-order valence-electron chi connectivity index (χ4n) is 1.85.